The number of nitrogens with zero attached hydrogens (tertiary/aromatic N) is 2. The number of nitrogens with one attached hydrogen (secondary N) is 1. The fourth-order valence-electron chi connectivity index (χ4n) is 3.06. The number of hydrogen-bond donors (Lipinski definition) is 2. The van der Waals surface area contributed by atoms with Crippen LogP contribution in [-0.4, -0.2) is 35.2 Å². The Hall–Kier alpha value is -2.54. The standard InChI is InChI=1S/C18H19F2N3O2/c1-2-21-18(25)12-4-6-17(22-9-12)23-10-13(24)8-16(23)11-3-5-14(19)15(20)7-11/h3-7,9,13,16,24H,2,8,10H2,1H3,(H,21,25)/t13-,16+/m1/s1. The molecule has 2 aromatic rings. The van der Waals surface area contributed by atoms with Gasteiger partial charge >= 0.3 is 0 Å². The predicted molar refractivity (Wildman–Crippen MR) is 89.3 cm³/mol. The van der Waals surface area contributed by atoms with E-state index in [4.69, 9.17) is 0 Å². The number of β-amino-alcohol motifs (C(OH)–C–C–N with tert-alkyl or cyclic N) is 1. The van der Waals surface area contributed by atoms with Gasteiger partial charge in [-0.15, -0.1) is 0 Å². The number of aromatic nitrogens is 1. The fourth-order valence-corrected chi connectivity index (χ4v) is 3.06. The average Bonchev–Trinajstić information content (AvgIpc) is 2.99. The molecule has 1 aromatic carbocycles. The zero-order valence-electron chi connectivity index (χ0n) is 13.7. The van der Waals surface area contributed by atoms with Gasteiger partial charge in [0.25, 0.3) is 5.91 Å². The number of amides is 1. The maximum absolute atomic E-state index is 13.6. The van der Waals surface area contributed by atoms with E-state index in [2.05, 4.69) is 10.3 Å². The van der Waals surface area contributed by atoms with E-state index >= 15 is 0 Å². The number of hydrogen-bond acceptors (Lipinski definition) is 4. The largest absolute Gasteiger partial charge is 0.391 e. The molecule has 2 heterocycles. The number of pyridine rings is 1. The molecule has 3 rings (SSSR count). The molecule has 0 bridgehead atoms. The van der Waals surface area contributed by atoms with Crippen LogP contribution in [0.1, 0.15) is 35.3 Å². The SMILES string of the molecule is CCNC(=O)c1ccc(N2C[C@H](O)C[C@H]2c2ccc(F)c(F)c2)nc1. The Morgan fingerprint density at radius 3 is 2.76 bits per heavy atom. The number of carbonyl (C=O) groups excluding carboxylic acids is 1. The first kappa shape index (κ1) is 17.3. The van der Waals surface area contributed by atoms with E-state index in [9.17, 15) is 18.7 Å². The Bertz CT molecular complexity index is 767. The Morgan fingerprint density at radius 2 is 2.12 bits per heavy atom. The van der Waals surface area contributed by atoms with Crippen LogP contribution in [0.3, 0.4) is 0 Å². The summed E-state index contributed by atoms with van der Waals surface area (Å²) in [6, 6.07) is 6.77. The lowest BCUT2D eigenvalue weighted by Gasteiger charge is -2.26. The van der Waals surface area contributed by atoms with Gasteiger partial charge in [0.05, 0.1) is 17.7 Å². The van der Waals surface area contributed by atoms with Crippen LogP contribution in [0.15, 0.2) is 36.5 Å². The molecule has 1 aliphatic rings. The third-order valence-electron chi connectivity index (χ3n) is 4.25. The lowest BCUT2D eigenvalue weighted by molar-refractivity contribution is 0.0955. The summed E-state index contributed by atoms with van der Waals surface area (Å²) in [6.45, 7) is 2.69. The highest BCUT2D eigenvalue weighted by Crippen LogP contribution is 2.35. The zero-order chi connectivity index (χ0) is 18.0. The molecule has 7 heteroatoms. The molecule has 0 radical (unpaired) electrons. The maximum Gasteiger partial charge on any atom is 0.252 e. The van der Waals surface area contributed by atoms with Gasteiger partial charge in [-0.05, 0) is 43.2 Å². The highest BCUT2D eigenvalue weighted by atomic mass is 19.2. The highest BCUT2D eigenvalue weighted by molar-refractivity contribution is 5.94. The predicted octanol–water partition coefficient (Wildman–Crippen LogP) is 2.42. The van der Waals surface area contributed by atoms with Crippen LogP contribution in [0.25, 0.3) is 0 Å². The number of aliphatic hydroxyl groups is 1. The van der Waals surface area contributed by atoms with Gasteiger partial charge < -0.3 is 15.3 Å². The number of halogens is 2. The van der Waals surface area contributed by atoms with Crippen molar-refractivity contribution in [2.24, 2.45) is 0 Å². The van der Waals surface area contributed by atoms with E-state index in [1.54, 1.807) is 12.1 Å². The summed E-state index contributed by atoms with van der Waals surface area (Å²) >= 11 is 0. The van der Waals surface area contributed by atoms with Crippen LogP contribution in [0.5, 0.6) is 0 Å². The second kappa shape index (κ2) is 7.14. The van der Waals surface area contributed by atoms with Crippen molar-refractivity contribution in [2.75, 3.05) is 18.0 Å². The Kier molecular flexibility index (Phi) is 4.94. The first-order chi connectivity index (χ1) is 12.0. The van der Waals surface area contributed by atoms with Crippen LogP contribution in [-0.2, 0) is 0 Å². The summed E-state index contributed by atoms with van der Waals surface area (Å²) in [5.41, 5.74) is 1.01. The van der Waals surface area contributed by atoms with Crippen molar-refractivity contribution >= 4 is 11.7 Å². The molecular formula is C18H19F2N3O2. The van der Waals surface area contributed by atoms with Crippen molar-refractivity contribution in [3.8, 4) is 0 Å². The smallest absolute Gasteiger partial charge is 0.252 e. The summed E-state index contributed by atoms with van der Waals surface area (Å²) in [5.74, 6) is -1.46. The first-order valence-corrected chi connectivity index (χ1v) is 8.13. The van der Waals surface area contributed by atoms with Crippen LogP contribution < -0.4 is 10.2 Å². The quantitative estimate of drug-likeness (QED) is 0.892. The molecular weight excluding hydrogens is 328 g/mol. The number of rotatable bonds is 4. The lowest BCUT2D eigenvalue weighted by atomic mass is 10.0. The minimum atomic E-state index is -0.918. The molecule has 1 fully saturated rings. The van der Waals surface area contributed by atoms with Gasteiger partial charge in [-0.2, -0.15) is 0 Å². The molecule has 1 saturated heterocycles. The summed E-state index contributed by atoms with van der Waals surface area (Å²) in [6.07, 6.45) is 1.26. The number of benzene rings is 1. The molecule has 1 aromatic heterocycles. The highest BCUT2D eigenvalue weighted by Gasteiger charge is 2.33. The molecule has 0 saturated carbocycles. The molecule has 2 atom stereocenters. The zero-order valence-corrected chi connectivity index (χ0v) is 13.7. The van der Waals surface area contributed by atoms with Gasteiger partial charge in [0.15, 0.2) is 11.6 Å². The third kappa shape index (κ3) is 3.61. The Labute approximate surface area is 144 Å². The monoisotopic (exact) mass is 347 g/mol. The number of anilines is 1. The number of aliphatic hydroxyl groups excluding tert-OH is 1. The molecule has 0 aliphatic carbocycles. The second-order valence-corrected chi connectivity index (χ2v) is 6.00. The number of carbonyl (C=O) groups is 1. The van der Waals surface area contributed by atoms with Crippen molar-refractivity contribution < 1.29 is 18.7 Å². The summed E-state index contributed by atoms with van der Waals surface area (Å²) in [7, 11) is 0. The molecule has 1 amide bonds. The van der Waals surface area contributed by atoms with E-state index in [-0.39, 0.29) is 11.9 Å². The normalized spacial score (nSPS) is 19.9. The van der Waals surface area contributed by atoms with Gasteiger partial charge in [-0.25, -0.2) is 13.8 Å². The molecule has 1 aliphatic heterocycles. The molecule has 0 spiro atoms. The van der Waals surface area contributed by atoms with Crippen LogP contribution in [0.4, 0.5) is 14.6 Å². The summed E-state index contributed by atoms with van der Waals surface area (Å²) < 4.78 is 26.7. The van der Waals surface area contributed by atoms with Crippen molar-refractivity contribution in [1.82, 2.24) is 10.3 Å². The van der Waals surface area contributed by atoms with Crippen molar-refractivity contribution in [3.63, 3.8) is 0 Å². The molecule has 25 heavy (non-hydrogen) atoms. The van der Waals surface area contributed by atoms with Gasteiger partial charge in [0, 0.05) is 19.3 Å². The van der Waals surface area contributed by atoms with Crippen LogP contribution in [0, 0.1) is 11.6 Å². The van der Waals surface area contributed by atoms with Crippen molar-refractivity contribution in [2.45, 2.75) is 25.5 Å². The summed E-state index contributed by atoms with van der Waals surface area (Å²) in [4.78, 5) is 17.9. The van der Waals surface area contributed by atoms with Crippen molar-refractivity contribution in [3.05, 3.63) is 59.3 Å². The van der Waals surface area contributed by atoms with Crippen LogP contribution >= 0.6 is 0 Å². The van der Waals surface area contributed by atoms with Gasteiger partial charge in [0.1, 0.15) is 5.82 Å². The van der Waals surface area contributed by atoms with Gasteiger partial charge in [-0.1, -0.05) is 6.07 Å². The van der Waals surface area contributed by atoms with Gasteiger partial charge in [0.2, 0.25) is 0 Å². The fraction of sp³-hybridized carbons (Fsp3) is 0.333. The van der Waals surface area contributed by atoms with E-state index in [1.165, 1.54) is 12.3 Å². The van der Waals surface area contributed by atoms with E-state index in [0.717, 1.165) is 12.1 Å². The first-order valence-electron chi connectivity index (χ1n) is 8.13. The van der Waals surface area contributed by atoms with E-state index in [0.29, 0.717) is 36.5 Å². The van der Waals surface area contributed by atoms with Crippen molar-refractivity contribution in [1.29, 1.82) is 0 Å². The topological polar surface area (TPSA) is 65.5 Å². The van der Waals surface area contributed by atoms with E-state index in [1.807, 2.05) is 11.8 Å². The van der Waals surface area contributed by atoms with Crippen LogP contribution in [0.2, 0.25) is 0 Å². The van der Waals surface area contributed by atoms with E-state index < -0.39 is 17.7 Å². The molecule has 0 unspecified atom stereocenters. The van der Waals surface area contributed by atoms with Gasteiger partial charge in [-0.3, -0.25) is 4.79 Å². The molecule has 132 valence electrons. The summed E-state index contributed by atoms with van der Waals surface area (Å²) in [5, 5.41) is 12.7. The third-order valence-corrected chi connectivity index (χ3v) is 4.25. The average molecular weight is 347 g/mol. The lowest BCUT2D eigenvalue weighted by Crippen LogP contribution is -2.26. The Morgan fingerprint density at radius 1 is 1.32 bits per heavy atom. The molecule has 5 nitrogen and oxygen atoms in total. The molecule has 2 N–H and O–H groups in total. The second-order valence-electron chi connectivity index (χ2n) is 6.00. The maximum atomic E-state index is 13.6. The Balaban J connectivity index is 1.86. The minimum Gasteiger partial charge on any atom is -0.391 e. The minimum absolute atomic E-state index is 0.208.